The molecule has 78 valence electrons. The van der Waals surface area contributed by atoms with Crippen molar-refractivity contribution in [2.45, 2.75) is 24.5 Å². The van der Waals surface area contributed by atoms with Crippen LogP contribution in [0.4, 0.5) is 0 Å². The molecule has 0 amide bonds. The van der Waals surface area contributed by atoms with Crippen molar-refractivity contribution in [3.05, 3.63) is 0 Å². The van der Waals surface area contributed by atoms with Crippen LogP contribution in [-0.2, 0) is 18.9 Å². The van der Waals surface area contributed by atoms with Gasteiger partial charge in [0.05, 0.1) is 6.61 Å². The van der Waals surface area contributed by atoms with Crippen LogP contribution in [0.1, 0.15) is 0 Å². The number of hydrogen-bond donors (Lipinski definition) is 1. The molecule has 13 heavy (non-hydrogen) atoms. The number of hydrogen-bond acceptors (Lipinski definition) is 5. The third-order valence-electron chi connectivity index (χ3n) is 2.22. The van der Waals surface area contributed by atoms with Crippen LogP contribution < -0.4 is 5.73 Å². The van der Waals surface area contributed by atoms with E-state index in [-0.39, 0.29) is 18.3 Å². The third kappa shape index (κ3) is 2.18. The summed E-state index contributed by atoms with van der Waals surface area (Å²) in [5, 5.41) is 0. The van der Waals surface area contributed by atoms with Crippen LogP contribution in [0.2, 0.25) is 0 Å². The summed E-state index contributed by atoms with van der Waals surface area (Å²) in [4.78, 5) is 0. The Labute approximate surface area is 78.1 Å². The van der Waals surface area contributed by atoms with Crippen LogP contribution in [0.5, 0.6) is 0 Å². The van der Waals surface area contributed by atoms with Gasteiger partial charge in [0.2, 0.25) is 0 Å². The molecule has 0 aliphatic carbocycles. The zero-order chi connectivity index (χ0) is 9.84. The van der Waals surface area contributed by atoms with Gasteiger partial charge in [0.1, 0.15) is 24.5 Å². The standard InChI is InChI=1S/C8H17NO4/c1-10-4-5-6(11-2)7(12-3)8(9)13-5/h5-8H,4,9H2,1-3H3/t5-,6?,7?,8-/m1/s1. The van der Waals surface area contributed by atoms with Crippen molar-refractivity contribution in [2.24, 2.45) is 5.73 Å². The maximum atomic E-state index is 5.69. The van der Waals surface area contributed by atoms with Crippen LogP contribution in [-0.4, -0.2) is 52.5 Å². The summed E-state index contributed by atoms with van der Waals surface area (Å²) in [6, 6.07) is 0. The summed E-state index contributed by atoms with van der Waals surface area (Å²) in [6.45, 7) is 0.464. The molecule has 2 N–H and O–H groups in total. The molecule has 1 fully saturated rings. The fourth-order valence-electron chi connectivity index (χ4n) is 1.61. The van der Waals surface area contributed by atoms with Gasteiger partial charge in [0, 0.05) is 21.3 Å². The first-order valence-corrected chi connectivity index (χ1v) is 4.20. The van der Waals surface area contributed by atoms with Gasteiger partial charge < -0.3 is 24.7 Å². The maximum Gasteiger partial charge on any atom is 0.135 e. The molecule has 0 bridgehead atoms. The van der Waals surface area contributed by atoms with Crippen LogP contribution in [0.25, 0.3) is 0 Å². The third-order valence-corrected chi connectivity index (χ3v) is 2.22. The first-order chi connectivity index (χ1) is 6.24. The van der Waals surface area contributed by atoms with Crippen LogP contribution >= 0.6 is 0 Å². The van der Waals surface area contributed by atoms with Gasteiger partial charge in [-0.15, -0.1) is 0 Å². The minimum atomic E-state index is -0.435. The van der Waals surface area contributed by atoms with Crippen molar-refractivity contribution in [3.63, 3.8) is 0 Å². The molecular formula is C8H17NO4. The van der Waals surface area contributed by atoms with Crippen molar-refractivity contribution in [1.29, 1.82) is 0 Å². The van der Waals surface area contributed by atoms with E-state index in [0.29, 0.717) is 6.61 Å². The summed E-state index contributed by atoms with van der Waals surface area (Å²) in [7, 11) is 4.82. The number of ether oxygens (including phenoxy) is 4. The SMILES string of the molecule is COC[C@H]1O[C@@H](N)C(OC)C1OC. The predicted molar refractivity (Wildman–Crippen MR) is 46.3 cm³/mol. The molecule has 0 spiro atoms. The average Bonchev–Trinajstić information content (AvgIpc) is 2.41. The fourth-order valence-corrected chi connectivity index (χ4v) is 1.61. The summed E-state index contributed by atoms with van der Waals surface area (Å²) < 4.78 is 20.8. The normalized spacial score (nSPS) is 39.7. The van der Waals surface area contributed by atoms with Crippen molar-refractivity contribution in [2.75, 3.05) is 27.9 Å². The van der Waals surface area contributed by atoms with E-state index in [1.165, 1.54) is 0 Å². The second-order valence-corrected chi connectivity index (χ2v) is 3.00. The lowest BCUT2D eigenvalue weighted by Gasteiger charge is -2.19. The summed E-state index contributed by atoms with van der Waals surface area (Å²) >= 11 is 0. The Hall–Kier alpha value is -0.200. The van der Waals surface area contributed by atoms with Crippen molar-refractivity contribution in [1.82, 2.24) is 0 Å². The maximum absolute atomic E-state index is 5.69. The number of methoxy groups -OCH3 is 3. The van der Waals surface area contributed by atoms with Gasteiger partial charge in [-0.3, -0.25) is 0 Å². The lowest BCUT2D eigenvalue weighted by atomic mass is 10.1. The molecule has 0 aromatic rings. The molecule has 1 rings (SSSR count). The van der Waals surface area contributed by atoms with E-state index in [9.17, 15) is 0 Å². The van der Waals surface area contributed by atoms with Gasteiger partial charge >= 0.3 is 0 Å². The number of rotatable bonds is 4. The zero-order valence-corrected chi connectivity index (χ0v) is 8.23. The van der Waals surface area contributed by atoms with Crippen molar-refractivity contribution < 1.29 is 18.9 Å². The minimum Gasteiger partial charge on any atom is -0.382 e. The van der Waals surface area contributed by atoms with Gasteiger partial charge in [-0.2, -0.15) is 0 Å². The molecule has 5 nitrogen and oxygen atoms in total. The molecule has 1 heterocycles. The van der Waals surface area contributed by atoms with Crippen molar-refractivity contribution in [3.8, 4) is 0 Å². The first-order valence-electron chi connectivity index (χ1n) is 4.20. The monoisotopic (exact) mass is 191 g/mol. The molecule has 0 aromatic heterocycles. The highest BCUT2D eigenvalue weighted by molar-refractivity contribution is 4.89. The highest BCUT2D eigenvalue weighted by Crippen LogP contribution is 2.23. The Kier molecular flexibility index (Phi) is 4.08. The largest absolute Gasteiger partial charge is 0.382 e. The Morgan fingerprint density at radius 2 is 1.77 bits per heavy atom. The van der Waals surface area contributed by atoms with Gasteiger partial charge in [0.15, 0.2) is 0 Å². The lowest BCUT2D eigenvalue weighted by molar-refractivity contribution is -0.0474. The molecule has 1 saturated heterocycles. The molecular weight excluding hydrogens is 174 g/mol. The second-order valence-electron chi connectivity index (χ2n) is 3.00. The number of nitrogens with two attached hydrogens (primary N) is 1. The Morgan fingerprint density at radius 3 is 2.23 bits per heavy atom. The van der Waals surface area contributed by atoms with Crippen LogP contribution in [0, 0.1) is 0 Å². The van der Waals surface area contributed by atoms with E-state index in [0.717, 1.165) is 0 Å². The second kappa shape index (κ2) is 4.88. The van der Waals surface area contributed by atoms with Gasteiger partial charge in [-0.05, 0) is 0 Å². The highest BCUT2D eigenvalue weighted by atomic mass is 16.6. The zero-order valence-electron chi connectivity index (χ0n) is 8.23. The quantitative estimate of drug-likeness (QED) is 0.639. The van der Waals surface area contributed by atoms with E-state index in [2.05, 4.69) is 0 Å². The molecule has 0 saturated carbocycles. The molecule has 2 unspecified atom stereocenters. The molecule has 0 radical (unpaired) electrons. The first kappa shape index (κ1) is 10.9. The van der Waals surface area contributed by atoms with Gasteiger partial charge in [0.25, 0.3) is 0 Å². The fraction of sp³-hybridized carbons (Fsp3) is 1.00. The smallest absolute Gasteiger partial charge is 0.135 e. The summed E-state index contributed by atoms with van der Waals surface area (Å²) in [6.07, 6.45) is -0.949. The molecule has 1 aliphatic rings. The Bertz CT molecular complexity index is 155. The van der Waals surface area contributed by atoms with E-state index in [4.69, 9.17) is 24.7 Å². The minimum absolute atomic E-state index is 0.144. The highest BCUT2D eigenvalue weighted by Gasteiger charge is 2.43. The Balaban J connectivity index is 2.57. The molecule has 0 aromatic carbocycles. The average molecular weight is 191 g/mol. The topological polar surface area (TPSA) is 62.9 Å². The van der Waals surface area contributed by atoms with Gasteiger partial charge in [-0.1, -0.05) is 0 Å². The van der Waals surface area contributed by atoms with E-state index in [1.807, 2.05) is 0 Å². The Morgan fingerprint density at radius 1 is 1.15 bits per heavy atom. The van der Waals surface area contributed by atoms with Gasteiger partial charge in [-0.25, -0.2) is 0 Å². The predicted octanol–water partition coefficient (Wildman–Crippen LogP) is -0.654. The van der Waals surface area contributed by atoms with Crippen LogP contribution in [0.3, 0.4) is 0 Å². The summed E-state index contributed by atoms with van der Waals surface area (Å²) in [5.41, 5.74) is 5.69. The summed E-state index contributed by atoms with van der Waals surface area (Å²) in [5.74, 6) is 0. The van der Waals surface area contributed by atoms with Crippen molar-refractivity contribution >= 4 is 0 Å². The van der Waals surface area contributed by atoms with E-state index in [1.54, 1.807) is 21.3 Å². The lowest BCUT2D eigenvalue weighted by Crippen LogP contribution is -2.40. The molecule has 1 aliphatic heterocycles. The van der Waals surface area contributed by atoms with E-state index >= 15 is 0 Å². The molecule has 5 heteroatoms. The molecule has 4 atom stereocenters. The van der Waals surface area contributed by atoms with Crippen LogP contribution in [0.15, 0.2) is 0 Å². The van der Waals surface area contributed by atoms with E-state index < -0.39 is 6.23 Å².